The number of aromatic carboxylic acids is 1. The lowest BCUT2D eigenvalue weighted by atomic mass is 10.1. The normalized spacial score (nSPS) is 11.1. The fraction of sp³-hybridized carbons (Fsp3) is 0.0588. The Hall–Kier alpha value is -3.68. The third kappa shape index (κ3) is 3.32. The van der Waals surface area contributed by atoms with Gasteiger partial charge < -0.3 is 14.0 Å². The Kier molecular flexibility index (Phi) is 4.17. The number of carboxylic acid groups (broad SMARTS) is 1. The predicted molar refractivity (Wildman–Crippen MR) is 87.9 cm³/mol. The van der Waals surface area contributed by atoms with Gasteiger partial charge in [0.25, 0.3) is 0 Å². The maximum atomic E-state index is 11.0. The Balaban J connectivity index is 1.86. The van der Waals surface area contributed by atoms with Crippen LogP contribution in [0.2, 0.25) is 0 Å². The quantitative estimate of drug-likeness (QED) is 0.550. The first-order valence-electron chi connectivity index (χ1n) is 7.18. The van der Waals surface area contributed by atoms with E-state index in [1.165, 1.54) is 31.2 Å². The zero-order valence-corrected chi connectivity index (χ0v) is 13.0. The highest BCUT2D eigenvalue weighted by Gasteiger charge is 2.22. The summed E-state index contributed by atoms with van der Waals surface area (Å²) in [5.41, 5.74) is 0.757. The second-order valence-electron chi connectivity index (χ2n) is 5.16. The molecule has 1 N–H and O–H groups in total. The highest BCUT2D eigenvalue weighted by Crippen LogP contribution is 2.27. The van der Waals surface area contributed by atoms with Gasteiger partial charge in [-0.2, -0.15) is 0 Å². The molecule has 0 fully saturated rings. The van der Waals surface area contributed by atoms with E-state index < -0.39 is 10.9 Å². The molecule has 3 aromatic rings. The largest absolute Gasteiger partial charge is 0.478 e. The van der Waals surface area contributed by atoms with Crippen molar-refractivity contribution in [3.8, 4) is 11.3 Å². The lowest BCUT2D eigenvalue weighted by molar-refractivity contribution is -0.386. The van der Waals surface area contributed by atoms with E-state index in [9.17, 15) is 14.9 Å². The van der Waals surface area contributed by atoms with E-state index in [0.29, 0.717) is 17.1 Å². The van der Waals surface area contributed by atoms with Crippen LogP contribution in [0.1, 0.15) is 27.6 Å². The Bertz CT molecular complexity index is 983. The first kappa shape index (κ1) is 16.2. The Morgan fingerprint density at radius 3 is 2.80 bits per heavy atom. The summed E-state index contributed by atoms with van der Waals surface area (Å²) < 4.78 is 10.5. The smallest absolute Gasteiger partial charge is 0.338 e. The van der Waals surface area contributed by atoms with Crippen molar-refractivity contribution in [2.75, 3.05) is 0 Å². The average molecular weight is 340 g/mol. The van der Waals surface area contributed by atoms with E-state index >= 15 is 0 Å². The van der Waals surface area contributed by atoms with Gasteiger partial charge in [-0.1, -0.05) is 17.3 Å². The number of carbonyl (C=O) groups is 1. The van der Waals surface area contributed by atoms with Gasteiger partial charge in [-0.05, 0) is 43.3 Å². The molecule has 0 spiro atoms. The third-order valence-corrected chi connectivity index (χ3v) is 3.46. The van der Waals surface area contributed by atoms with Crippen molar-refractivity contribution in [3.05, 3.63) is 69.3 Å². The van der Waals surface area contributed by atoms with Gasteiger partial charge >= 0.3 is 11.7 Å². The number of benzene rings is 1. The van der Waals surface area contributed by atoms with Crippen LogP contribution in [0.25, 0.3) is 23.5 Å². The van der Waals surface area contributed by atoms with Crippen LogP contribution in [0, 0.1) is 17.0 Å². The van der Waals surface area contributed by atoms with Gasteiger partial charge in [0.05, 0.1) is 10.5 Å². The van der Waals surface area contributed by atoms with E-state index in [1.54, 1.807) is 24.3 Å². The third-order valence-electron chi connectivity index (χ3n) is 3.46. The van der Waals surface area contributed by atoms with Gasteiger partial charge in [0.15, 0.2) is 5.69 Å². The molecule has 2 aromatic heterocycles. The van der Waals surface area contributed by atoms with E-state index in [4.69, 9.17) is 14.0 Å². The number of aromatic nitrogens is 1. The van der Waals surface area contributed by atoms with Crippen LogP contribution in [-0.2, 0) is 0 Å². The van der Waals surface area contributed by atoms with Gasteiger partial charge in [0, 0.05) is 5.56 Å². The van der Waals surface area contributed by atoms with Crippen LogP contribution >= 0.6 is 0 Å². The van der Waals surface area contributed by atoms with Crippen molar-refractivity contribution in [2.45, 2.75) is 6.92 Å². The van der Waals surface area contributed by atoms with Gasteiger partial charge in [-0.3, -0.25) is 10.1 Å². The summed E-state index contributed by atoms with van der Waals surface area (Å²) in [7, 11) is 0. The molecular weight excluding hydrogens is 328 g/mol. The minimum Gasteiger partial charge on any atom is -0.478 e. The predicted octanol–water partition coefficient (Wildman–Crippen LogP) is 4.02. The van der Waals surface area contributed by atoms with Crippen LogP contribution in [-0.4, -0.2) is 21.2 Å². The maximum Gasteiger partial charge on any atom is 0.338 e. The van der Waals surface area contributed by atoms with Crippen LogP contribution in [0.3, 0.4) is 0 Å². The first-order chi connectivity index (χ1) is 12.0. The molecule has 2 heterocycles. The van der Waals surface area contributed by atoms with Crippen LogP contribution in [0.4, 0.5) is 5.69 Å². The van der Waals surface area contributed by atoms with E-state index in [2.05, 4.69) is 5.16 Å². The summed E-state index contributed by atoms with van der Waals surface area (Å²) in [4.78, 5) is 21.5. The molecular formula is C17H12N2O6. The highest BCUT2D eigenvalue weighted by molar-refractivity contribution is 5.89. The molecule has 0 bridgehead atoms. The number of hydrogen-bond acceptors (Lipinski definition) is 6. The molecule has 0 atom stereocenters. The summed E-state index contributed by atoms with van der Waals surface area (Å²) in [5.74, 6) is -0.0973. The molecule has 0 amide bonds. The van der Waals surface area contributed by atoms with Gasteiger partial charge in [-0.25, -0.2) is 4.79 Å². The van der Waals surface area contributed by atoms with Gasteiger partial charge in [-0.15, -0.1) is 0 Å². The second-order valence-corrected chi connectivity index (χ2v) is 5.16. The molecule has 0 saturated heterocycles. The monoisotopic (exact) mass is 340 g/mol. The van der Waals surface area contributed by atoms with Crippen molar-refractivity contribution in [3.63, 3.8) is 0 Å². The molecule has 0 aliphatic rings. The molecule has 0 unspecified atom stereocenters. The minimum atomic E-state index is -1.03. The molecule has 25 heavy (non-hydrogen) atoms. The van der Waals surface area contributed by atoms with E-state index in [0.717, 1.165) is 0 Å². The molecule has 3 rings (SSSR count). The zero-order valence-electron chi connectivity index (χ0n) is 13.0. The summed E-state index contributed by atoms with van der Waals surface area (Å²) in [6.07, 6.45) is 2.91. The van der Waals surface area contributed by atoms with Crippen molar-refractivity contribution >= 4 is 23.8 Å². The number of rotatable bonds is 5. The van der Waals surface area contributed by atoms with Crippen LogP contribution in [0.15, 0.2) is 45.3 Å². The number of hydrogen-bond donors (Lipinski definition) is 1. The molecule has 0 aliphatic heterocycles. The summed E-state index contributed by atoms with van der Waals surface area (Å²) in [6.45, 7) is 1.49. The summed E-state index contributed by atoms with van der Waals surface area (Å²) >= 11 is 0. The Labute approximate surface area is 141 Å². The standard InChI is InChI=1S/C17H12N2O6/c1-10-16(19(22)23)15(25-18-10)8-6-13-5-7-14(24-13)11-3-2-4-12(9-11)17(20)21/h2-9H,1H3,(H,20,21)/b8-6-. The summed E-state index contributed by atoms with van der Waals surface area (Å²) in [5, 5.41) is 23.6. The molecule has 1 aromatic carbocycles. The van der Waals surface area contributed by atoms with Crippen LogP contribution in [0.5, 0.6) is 0 Å². The highest BCUT2D eigenvalue weighted by atomic mass is 16.6. The number of carboxylic acids is 1. The van der Waals surface area contributed by atoms with E-state index in [-0.39, 0.29) is 22.7 Å². The molecule has 0 aliphatic carbocycles. The topological polar surface area (TPSA) is 120 Å². The lowest BCUT2D eigenvalue weighted by Gasteiger charge is -1.98. The maximum absolute atomic E-state index is 11.0. The van der Waals surface area contributed by atoms with Gasteiger partial charge in [0.2, 0.25) is 5.76 Å². The number of furan rings is 1. The zero-order chi connectivity index (χ0) is 18.0. The lowest BCUT2D eigenvalue weighted by Crippen LogP contribution is -1.95. The second kappa shape index (κ2) is 6.44. The average Bonchev–Trinajstić information content (AvgIpc) is 3.19. The fourth-order valence-corrected chi connectivity index (χ4v) is 2.27. The minimum absolute atomic E-state index is 0.0216. The number of nitro groups is 1. The first-order valence-corrected chi connectivity index (χ1v) is 7.18. The molecule has 126 valence electrons. The van der Waals surface area contributed by atoms with Gasteiger partial charge in [0.1, 0.15) is 11.5 Å². The molecule has 8 heteroatoms. The van der Waals surface area contributed by atoms with Crippen molar-refractivity contribution in [1.29, 1.82) is 0 Å². The van der Waals surface area contributed by atoms with Crippen LogP contribution < -0.4 is 0 Å². The number of nitrogens with zero attached hydrogens (tertiary/aromatic N) is 2. The Morgan fingerprint density at radius 2 is 2.08 bits per heavy atom. The van der Waals surface area contributed by atoms with Crippen molar-refractivity contribution < 1.29 is 23.8 Å². The molecule has 0 saturated carbocycles. The fourth-order valence-electron chi connectivity index (χ4n) is 2.27. The van der Waals surface area contributed by atoms with E-state index in [1.807, 2.05) is 0 Å². The Morgan fingerprint density at radius 1 is 1.28 bits per heavy atom. The summed E-state index contributed by atoms with van der Waals surface area (Å²) in [6, 6.07) is 9.68. The number of aryl methyl sites for hydroxylation is 1. The SMILES string of the molecule is Cc1noc(/C=C\c2ccc(-c3cccc(C(=O)O)c3)o2)c1[N+](=O)[O-]. The van der Waals surface area contributed by atoms with Crippen molar-refractivity contribution in [2.24, 2.45) is 0 Å². The molecule has 0 radical (unpaired) electrons. The van der Waals surface area contributed by atoms with Crippen molar-refractivity contribution in [1.82, 2.24) is 5.16 Å². The molecule has 8 nitrogen and oxygen atoms in total.